The molecule has 0 spiro atoms. The van der Waals surface area contributed by atoms with Crippen LogP contribution in [0.4, 0.5) is 0 Å². The molecule has 6 heteroatoms. The molecule has 6 nitrogen and oxygen atoms in total. The zero-order valence-corrected chi connectivity index (χ0v) is 16.4. The van der Waals surface area contributed by atoms with E-state index in [1.165, 1.54) is 0 Å². The number of ether oxygens (including phenoxy) is 1. The Morgan fingerprint density at radius 2 is 2.00 bits per heavy atom. The van der Waals surface area contributed by atoms with Gasteiger partial charge in [0.05, 0.1) is 18.2 Å². The van der Waals surface area contributed by atoms with Crippen LogP contribution in [-0.2, 0) is 11.2 Å². The molecular formula is C22H27N3O3. The maximum Gasteiger partial charge on any atom is 0.227 e. The first-order valence-corrected chi connectivity index (χ1v) is 9.95. The van der Waals surface area contributed by atoms with Gasteiger partial charge in [-0.3, -0.25) is 14.8 Å². The molecule has 0 unspecified atom stereocenters. The highest BCUT2D eigenvalue weighted by atomic mass is 16.5. The van der Waals surface area contributed by atoms with Gasteiger partial charge in [0.15, 0.2) is 0 Å². The van der Waals surface area contributed by atoms with E-state index in [1.807, 2.05) is 43.0 Å². The first kappa shape index (κ1) is 18.9. The molecular weight excluding hydrogens is 354 g/mol. The molecule has 4 atom stereocenters. The highest BCUT2D eigenvalue weighted by Crippen LogP contribution is 2.38. The van der Waals surface area contributed by atoms with Crippen molar-refractivity contribution in [2.45, 2.75) is 45.3 Å². The third-order valence-corrected chi connectivity index (χ3v) is 5.97. The molecule has 1 N–H and O–H groups in total. The number of rotatable bonds is 4. The fourth-order valence-corrected chi connectivity index (χ4v) is 4.47. The van der Waals surface area contributed by atoms with Gasteiger partial charge >= 0.3 is 0 Å². The van der Waals surface area contributed by atoms with Crippen molar-refractivity contribution in [3.63, 3.8) is 0 Å². The van der Waals surface area contributed by atoms with E-state index in [0.717, 1.165) is 42.2 Å². The van der Waals surface area contributed by atoms with Crippen LogP contribution in [-0.4, -0.2) is 51.2 Å². The molecule has 28 heavy (non-hydrogen) atoms. The normalized spacial score (nSPS) is 26.8. The summed E-state index contributed by atoms with van der Waals surface area (Å²) >= 11 is 0. The molecule has 2 aromatic heterocycles. The number of aryl methyl sites for hydroxylation is 2. The second-order valence-corrected chi connectivity index (χ2v) is 8.09. The molecule has 2 aromatic rings. The van der Waals surface area contributed by atoms with Gasteiger partial charge in [-0.15, -0.1) is 0 Å². The Balaban J connectivity index is 1.38. The van der Waals surface area contributed by atoms with E-state index < -0.39 is 6.10 Å². The van der Waals surface area contributed by atoms with E-state index in [0.29, 0.717) is 24.7 Å². The van der Waals surface area contributed by atoms with Gasteiger partial charge in [-0.1, -0.05) is 6.07 Å². The van der Waals surface area contributed by atoms with Crippen molar-refractivity contribution < 1.29 is 14.6 Å². The second kappa shape index (κ2) is 7.87. The number of hydrogen-bond acceptors (Lipinski definition) is 5. The molecule has 0 bridgehead atoms. The summed E-state index contributed by atoms with van der Waals surface area (Å²) in [6.07, 6.45) is 4.50. The summed E-state index contributed by atoms with van der Waals surface area (Å²) < 4.78 is 6.13. The van der Waals surface area contributed by atoms with E-state index in [9.17, 15) is 9.90 Å². The van der Waals surface area contributed by atoms with E-state index >= 15 is 0 Å². The van der Waals surface area contributed by atoms with Crippen molar-refractivity contribution in [1.29, 1.82) is 0 Å². The van der Waals surface area contributed by atoms with Gasteiger partial charge in [-0.25, -0.2) is 0 Å². The quantitative estimate of drug-likeness (QED) is 0.880. The zero-order valence-electron chi connectivity index (χ0n) is 16.4. The van der Waals surface area contributed by atoms with Crippen LogP contribution < -0.4 is 4.74 Å². The molecule has 3 heterocycles. The van der Waals surface area contributed by atoms with Crippen LogP contribution in [0.2, 0.25) is 0 Å². The predicted molar refractivity (Wildman–Crippen MR) is 105 cm³/mol. The van der Waals surface area contributed by atoms with Gasteiger partial charge in [0.2, 0.25) is 5.91 Å². The first-order valence-electron chi connectivity index (χ1n) is 9.95. The Morgan fingerprint density at radius 1 is 1.21 bits per heavy atom. The van der Waals surface area contributed by atoms with Crippen LogP contribution in [0.5, 0.6) is 5.75 Å². The van der Waals surface area contributed by atoms with Crippen molar-refractivity contribution in [3.05, 3.63) is 53.6 Å². The molecule has 2 aliphatic rings. The Kier molecular flexibility index (Phi) is 5.31. The molecule has 1 aliphatic carbocycles. The van der Waals surface area contributed by atoms with Gasteiger partial charge in [0.1, 0.15) is 11.9 Å². The van der Waals surface area contributed by atoms with Crippen LogP contribution in [0.1, 0.15) is 29.8 Å². The highest BCUT2D eigenvalue weighted by Gasteiger charge is 2.43. The summed E-state index contributed by atoms with van der Waals surface area (Å²) in [7, 11) is 0. The van der Waals surface area contributed by atoms with E-state index in [4.69, 9.17) is 4.74 Å². The second-order valence-electron chi connectivity index (χ2n) is 8.09. The lowest BCUT2D eigenvalue weighted by Crippen LogP contribution is -2.42. The number of aliphatic hydroxyl groups excluding tert-OH is 1. The summed E-state index contributed by atoms with van der Waals surface area (Å²) in [5, 5.41) is 10.6. The minimum absolute atomic E-state index is 0.132. The predicted octanol–water partition coefficient (Wildman–Crippen LogP) is 2.31. The standard InChI is InChI=1S/C22H27N3O3/c1-14-5-6-20(15(2)24-14)28-21-10-18-13-25(12-17(18)9-19(21)26)22(27)8-16-4-3-7-23-11-16/h3-7,11,17-19,21,26H,8-10,12-13H2,1-2H3/t17-,18+,19+,21+/m0/s1. The number of fused-ring (bicyclic) bond motifs is 1. The number of hydrogen-bond donors (Lipinski definition) is 1. The summed E-state index contributed by atoms with van der Waals surface area (Å²) in [6, 6.07) is 7.63. The number of aromatic nitrogens is 2. The van der Waals surface area contributed by atoms with E-state index in [2.05, 4.69) is 9.97 Å². The van der Waals surface area contributed by atoms with Crippen LogP contribution >= 0.6 is 0 Å². The number of amides is 1. The Labute approximate surface area is 165 Å². The van der Waals surface area contributed by atoms with Crippen molar-refractivity contribution >= 4 is 5.91 Å². The SMILES string of the molecule is Cc1ccc(O[C@@H]2C[C@@H]3CN(C(=O)Cc4cccnc4)C[C@@H]3C[C@H]2O)c(C)n1. The van der Waals surface area contributed by atoms with Crippen LogP contribution in [0, 0.1) is 25.7 Å². The third kappa shape index (κ3) is 4.02. The van der Waals surface area contributed by atoms with Crippen molar-refractivity contribution in [2.75, 3.05) is 13.1 Å². The van der Waals surface area contributed by atoms with Gasteiger partial charge in [-0.05, 0) is 62.3 Å². The maximum atomic E-state index is 12.7. The number of carbonyl (C=O) groups is 1. The Morgan fingerprint density at radius 3 is 2.71 bits per heavy atom. The summed E-state index contributed by atoms with van der Waals surface area (Å²) in [4.78, 5) is 23.1. The third-order valence-electron chi connectivity index (χ3n) is 5.97. The number of likely N-dealkylation sites (tertiary alicyclic amines) is 1. The number of pyridine rings is 2. The van der Waals surface area contributed by atoms with Crippen LogP contribution in [0.25, 0.3) is 0 Å². The summed E-state index contributed by atoms with van der Waals surface area (Å²) in [5.41, 5.74) is 2.73. The summed E-state index contributed by atoms with van der Waals surface area (Å²) in [6.45, 7) is 5.33. The number of nitrogens with zero attached hydrogens (tertiary/aromatic N) is 3. The van der Waals surface area contributed by atoms with Crippen molar-refractivity contribution in [3.8, 4) is 5.75 Å². The molecule has 148 valence electrons. The minimum Gasteiger partial charge on any atom is -0.486 e. The molecule has 1 saturated heterocycles. The van der Waals surface area contributed by atoms with Gasteiger partial charge in [0, 0.05) is 31.2 Å². The lowest BCUT2D eigenvalue weighted by molar-refractivity contribution is -0.129. The lowest BCUT2D eigenvalue weighted by atomic mass is 9.78. The fourth-order valence-electron chi connectivity index (χ4n) is 4.47. The first-order chi connectivity index (χ1) is 13.5. The molecule has 2 fully saturated rings. The Bertz CT molecular complexity index is 842. The average Bonchev–Trinajstić information content (AvgIpc) is 3.08. The molecule has 0 radical (unpaired) electrons. The van der Waals surface area contributed by atoms with Crippen molar-refractivity contribution in [1.82, 2.24) is 14.9 Å². The van der Waals surface area contributed by atoms with Crippen molar-refractivity contribution in [2.24, 2.45) is 11.8 Å². The largest absolute Gasteiger partial charge is 0.486 e. The maximum absolute atomic E-state index is 12.7. The minimum atomic E-state index is -0.518. The Hall–Kier alpha value is -2.47. The van der Waals surface area contributed by atoms with E-state index in [1.54, 1.807) is 12.4 Å². The zero-order chi connectivity index (χ0) is 19.7. The van der Waals surface area contributed by atoms with Crippen LogP contribution in [0.15, 0.2) is 36.7 Å². The smallest absolute Gasteiger partial charge is 0.227 e. The topological polar surface area (TPSA) is 75.5 Å². The lowest BCUT2D eigenvalue weighted by Gasteiger charge is -2.35. The molecule has 1 aliphatic heterocycles. The van der Waals surface area contributed by atoms with E-state index in [-0.39, 0.29) is 12.0 Å². The molecule has 0 aromatic carbocycles. The highest BCUT2D eigenvalue weighted by molar-refractivity contribution is 5.79. The van der Waals surface area contributed by atoms with Crippen LogP contribution in [0.3, 0.4) is 0 Å². The number of carbonyl (C=O) groups excluding carboxylic acids is 1. The molecule has 1 saturated carbocycles. The van der Waals surface area contributed by atoms with Gasteiger partial charge in [0.25, 0.3) is 0 Å². The average molecular weight is 381 g/mol. The monoisotopic (exact) mass is 381 g/mol. The fraction of sp³-hybridized carbons (Fsp3) is 0.500. The summed E-state index contributed by atoms with van der Waals surface area (Å²) in [5.74, 6) is 1.57. The van der Waals surface area contributed by atoms with Gasteiger partial charge in [-0.2, -0.15) is 0 Å². The molecule has 4 rings (SSSR count). The number of aliphatic hydroxyl groups is 1. The molecule has 1 amide bonds. The van der Waals surface area contributed by atoms with Gasteiger partial charge < -0.3 is 14.7 Å².